The summed E-state index contributed by atoms with van der Waals surface area (Å²) in [6.07, 6.45) is 5.27. The fourth-order valence-corrected chi connectivity index (χ4v) is 2.61. The maximum Gasteiger partial charge on any atom is 0.251 e. The first-order chi connectivity index (χ1) is 8.63. The van der Waals surface area contributed by atoms with Crippen LogP contribution in [0.2, 0.25) is 0 Å². The van der Waals surface area contributed by atoms with Crippen molar-refractivity contribution in [2.75, 3.05) is 11.4 Å². The molecule has 2 rings (SSSR count). The van der Waals surface area contributed by atoms with Crippen LogP contribution in [0.5, 0.6) is 0 Å². The molecule has 5 heteroatoms. The summed E-state index contributed by atoms with van der Waals surface area (Å²) in [4.78, 5) is 5.17. The van der Waals surface area contributed by atoms with Crippen molar-refractivity contribution in [2.24, 2.45) is 0 Å². The number of hydrogen-bond donors (Lipinski definition) is 0. The lowest BCUT2D eigenvalue weighted by Gasteiger charge is -2.34. The van der Waals surface area contributed by atoms with Crippen molar-refractivity contribution in [2.45, 2.75) is 45.1 Å². The molecule has 1 saturated carbocycles. The summed E-state index contributed by atoms with van der Waals surface area (Å²) in [6, 6.07) is 0.749. The Morgan fingerprint density at radius 2 is 1.83 bits per heavy atom. The van der Waals surface area contributed by atoms with Crippen molar-refractivity contribution in [3.8, 4) is 0 Å². The van der Waals surface area contributed by atoms with Crippen LogP contribution >= 0.6 is 0 Å². The van der Waals surface area contributed by atoms with Crippen LogP contribution in [0.1, 0.15) is 39.0 Å². The molecule has 1 heterocycles. The van der Waals surface area contributed by atoms with Gasteiger partial charge in [0, 0.05) is 18.7 Å². The fourth-order valence-electron chi connectivity index (χ4n) is 2.61. The van der Waals surface area contributed by atoms with Crippen molar-refractivity contribution in [3.63, 3.8) is 0 Å². The van der Waals surface area contributed by atoms with Gasteiger partial charge < -0.3 is 4.90 Å². The molecule has 1 fully saturated rings. The molecule has 0 atom stereocenters. The lowest BCUT2D eigenvalue weighted by Crippen LogP contribution is -2.38. The summed E-state index contributed by atoms with van der Waals surface area (Å²) in [5.41, 5.74) is 0. The highest BCUT2D eigenvalue weighted by Gasteiger charge is 2.24. The third-order valence-corrected chi connectivity index (χ3v) is 3.50. The molecule has 2 nitrogen and oxygen atoms in total. The van der Waals surface area contributed by atoms with Crippen molar-refractivity contribution in [1.29, 1.82) is 0 Å². The number of anilines is 1. The Kier molecular flexibility index (Phi) is 4.09. The number of hydrogen-bond acceptors (Lipinski definition) is 2. The number of nitrogens with zero attached hydrogens (tertiary/aromatic N) is 2. The summed E-state index contributed by atoms with van der Waals surface area (Å²) in [5.74, 6) is -3.33. The van der Waals surface area contributed by atoms with Crippen molar-refractivity contribution in [3.05, 3.63) is 23.6 Å². The molecule has 0 amide bonds. The van der Waals surface area contributed by atoms with Gasteiger partial charge in [-0.25, -0.2) is 8.78 Å². The molecule has 0 aromatic carbocycles. The third kappa shape index (κ3) is 2.60. The number of rotatable bonds is 3. The molecule has 0 unspecified atom stereocenters. The lowest BCUT2D eigenvalue weighted by molar-refractivity contribution is 0.405. The largest absolute Gasteiger partial charge is 0.351 e. The quantitative estimate of drug-likeness (QED) is 0.769. The van der Waals surface area contributed by atoms with Crippen molar-refractivity contribution in [1.82, 2.24) is 4.98 Å². The predicted octanol–water partition coefficient (Wildman–Crippen LogP) is 3.66. The second kappa shape index (κ2) is 5.59. The van der Waals surface area contributed by atoms with E-state index in [2.05, 4.69) is 4.98 Å². The van der Waals surface area contributed by atoms with E-state index in [-0.39, 0.29) is 11.9 Å². The Morgan fingerprint density at radius 1 is 1.17 bits per heavy atom. The van der Waals surface area contributed by atoms with Crippen LogP contribution in [0.15, 0.2) is 6.07 Å². The first kappa shape index (κ1) is 13.2. The first-order valence-corrected chi connectivity index (χ1v) is 6.41. The monoisotopic (exact) mass is 258 g/mol. The summed E-state index contributed by atoms with van der Waals surface area (Å²) in [6.45, 7) is 2.41. The van der Waals surface area contributed by atoms with Gasteiger partial charge in [0.1, 0.15) is 0 Å². The minimum Gasteiger partial charge on any atom is -0.351 e. The van der Waals surface area contributed by atoms with E-state index in [4.69, 9.17) is 0 Å². The highest BCUT2D eigenvalue weighted by Crippen LogP contribution is 2.28. The summed E-state index contributed by atoms with van der Waals surface area (Å²) in [7, 11) is 0. The topological polar surface area (TPSA) is 16.1 Å². The zero-order valence-corrected chi connectivity index (χ0v) is 10.4. The highest BCUT2D eigenvalue weighted by molar-refractivity contribution is 5.41. The van der Waals surface area contributed by atoms with E-state index in [0.29, 0.717) is 12.6 Å². The molecular weight excluding hydrogens is 241 g/mol. The van der Waals surface area contributed by atoms with Gasteiger partial charge in [0.25, 0.3) is 5.95 Å². The second-order valence-electron chi connectivity index (χ2n) is 4.64. The van der Waals surface area contributed by atoms with Gasteiger partial charge in [0.05, 0.1) is 0 Å². The van der Waals surface area contributed by atoms with Gasteiger partial charge in [-0.15, -0.1) is 0 Å². The van der Waals surface area contributed by atoms with Crippen LogP contribution in [-0.4, -0.2) is 17.6 Å². The summed E-state index contributed by atoms with van der Waals surface area (Å²) in [5, 5.41) is 0. The van der Waals surface area contributed by atoms with Crippen LogP contribution in [0.25, 0.3) is 0 Å². The van der Waals surface area contributed by atoms with Crippen LogP contribution in [0, 0.1) is 17.6 Å². The van der Waals surface area contributed by atoms with Gasteiger partial charge in [-0.3, -0.25) is 0 Å². The molecule has 0 bridgehead atoms. The molecule has 100 valence electrons. The average molecular weight is 258 g/mol. The van der Waals surface area contributed by atoms with Gasteiger partial charge in [0.2, 0.25) is 0 Å². The van der Waals surface area contributed by atoms with E-state index < -0.39 is 17.6 Å². The summed E-state index contributed by atoms with van der Waals surface area (Å²) >= 11 is 0. The number of pyridine rings is 1. The standard InChI is InChI=1S/C13H17F3N2/c1-2-18(9-6-4-3-5-7-9)13-11(15)8-10(14)12(16)17-13/h8-9H,2-7H2,1H3. The van der Waals surface area contributed by atoms with Crippen molar-refractivity contribution >= 4 is 5.82 Å². The lowest BCUT2D eigenvalue weighted by atomic mass is 9.94. The normalized spacial score (nSPS) is 16.9. The maximum atomic E-state index is 13.7. The van der Waals surface area contributed by atoms with Gasteiger partial charge >= 0.3 is 0 Å². The molecule has 0 radical (unpaired) electrons. The predicted molar refractivity (Wildman–Crippen MR) is 64.0 cm³/mol. The van der Waals surface area contributed by atoms with E-state index >= 15 is 0 Å². The second-order valence-corrected chi connectivity index (χ2v) is 4.64. The van der Waals surface area contributed by atoms with E-state index in [1.807, 2.05) is 6.92 Å². The van der Waals surface area contributed by atoms with Crippen LogP contribution in [-0.2, 0) is 0 Å². The van der Waals surface area contributed by atoms with Crippen LogP contribution < -0.4 is 4.90 Å². The Balaban J connectivity index is 2.28. The molecule has 1 aliphatic rings. The molecule has 0 N–H and O–H groups in total. The van der Waals surface area contributed by atoms with E-state index in [0.717, 1.165) is 25.7 Å². The number of halogens is 3. The highest BCUT2D eigenvalue weighted by atomic mass is 19.2. The molecule has 1 aromatic rings. The van der Waals surface area contributed by atoms with E-state index in [9.17, 15) is 13.2 Å². The third-order valence-electron chi connectivity index (χ3n) is 3.50. The first-order valence-electron chi connectivity index (χ1n) is 6.41. The van der Waals surface area contributed by atoms with Gasteiger partial charge in [-0.2, -0.15) is 9.37 Å². The van der Waals surface area contributed by atoms with Gasteiger partial charge in [-0.05, 0) is 19.8 Å². The van der Waals surface area contributed by atoms with Crippen LogP contribution in [0.3, 0.4) is 0 Å². The molecule has 0 aliphatic heterocycles. The Bertz CT molecular complexity index is 417. The molecule has 18 heavy (non-hydrogen) atoms. The molecular formula is C13H17F3N2. The number of aromatic nitrogens is 1. The summed E-state index contributed by atoms with van der Waals surface area (Å²) < 4.78 is 39.7. The minimum absolute atomic E-state index is 0.0664. The van der Waals surface area contributed by atoms with Gasteiger partial charge in [0.15, 0.2) is 17.5 Å². The van der Waals surface area contributed by atoms with E-state index in [1.54, 1.807) is 4.90 Å². The molecule has 0 saturated heterocycles. The zero-order chi connectivity index (χ0) is 13.1. The maximum absolute atomic E-state index is 13.7. The zero-order valence-electron chi connectivity index (χ0n) is 10.4. The van der Waals surface area contributed by atoms with E-state index in [1.165, 1.54) is 6.42 Å². The SMILES string of the molecule is CCN(c1nc(F)c(F)cc1F)C1CCCCC1. The Labute approximate surface area is 105 Å². The Morgan fingerprint density at radius 3 is 2.44 bits per heavy atom. The van der Waals surface area contributed by atoms with Gasteiger partial charge in [-0.1, -0.05) is 19.3 Å². The molecule has 1 aromatic heterocycles. The Hall–Kier alpha value is -1.26. The average Bonchev–Trinajstić information content (AvgIpc) is 2.38. The smallest absolute Gasteiger partial charge is 0.251 e. The molecule has 0 spiro atoms. The fraction of sp³-hybridized carbons (Fsp3) is 0.615. The minimum atomic E-state index is -1.24. The van der Waals surface area contributed by atoms with Crippen LogP contribution in [0.4, 0.5) is 19.0 Å². The van der Waals surface area contributed by atoms with Crippen molar-refractivity contribution < 1.29 is 13.2 Å². The molecule has 1 aliphatic carbocycles.